The monoisotopic (exact) mass is 346 g/mol. The molecule has 1 fully saturated rings. The molecule has 0 atom stereocenters. The highest BCUT2D eigenvalue weighted by molar-refractivity contribution is 6.32. The van der Waals surface area contributed by atoms with Crippen LogP contribution in [-0.2, 0) is 0 Å². The molecule has 0 bridgehead atoms. The van der Waals surface area contributed by atoms with Crippen LogP contribution in [0.15, 0.2) is 30.5 Å². The van der Waals surface area contributed by atoms with Gasteiger partial charge in [0.15, 0.2) is 5.82 Å². The molecule has 1 aliphatic heterocycles. The lowest BCUT2D eigenvalue weighted by Gasteiger charge is -2.35. The zero-order valence-electron chi connectivity index (χ0n) is 13.7. The molecule has 0 radical (unpaired) electrons. The number of carbonyl (C=O) groups excluding carboxylic acids is 1. The number of hydrogen-bond donors (Lipinski definition) is 0. The molecule has 126 valence electrons. The fourth-order valence-corrected chi connectivity index (χ4v) is 2.91. The summed E-state index contributed by atoms with van der Waals surface area (Å²) in [6.45, 7) is 4.48. The van der Waals surface area contributed by atoms with Crippen LogP contribution in [0.25, 0.3) is 0 Å². The molecule has 6 nitrogen and oxygen atoms in total. The van der Waals surface area contributed by atoms with Crippen molar-refractivity contribution in [3.05, 3.63) is 46.9 Å². The zero-order valence-corrected chi connectivity index (χ0v) is 14.5. The van der Waals surface area contributed by atoms with E-state index in [9.17, 15) is 4.79 Å². The number of anilines is 1. The normalized spacial score (nSPS) is 14.6. The molecule has 0 aliphatic carbocycles. The lowest BCUT2D eigenvalue weighted by Crippen LogP contribution is -2.49. The second kappa shape index (κ2) is 7.05. The minimum atomic E-state index is 0.0299. The third-order valence-electron chi connectivity index (χ3n) is 4.05. The number of halogens is 1. The highest BCUT2D eigenvalue weighted by Crippen LogP contribution is 2.24. The molecule has 1 aromatic carbocycles. The van der Waals surface area contributed by atoms with E-state index < -0.39 is 0 Å². The van der Waals surface area contributed by atoms with Gasteiger partial charge in [-0.2, -0.15) is 0 Å². The summed E-state index contributed by atoms with van der Waals surface area (Å²) in [6.07, 6.45) is 1.62. The topological polar surface area (TPSA) is 58.6 Å². The van der Waals surface area contributed by atoms with Gasteiger partial charge in [-0.05, 0) is 31.2 Å². The van der Waals surface area contributed by atoms with E-state index >= 15 is 0 Å². The van der Waals surface area contributed by atoms with Crippen molar-refractivity contribution in [2.75, 3.05) is 38.2 Å². The Balaban J connectivity index is 1.65. The van der Waals surface area contributed by atoms with Crippen LogP contribution in [0.1, 0.15) is 16.2 Å². The largest absolute Gasteiger partial charge is 0.497 e. The van der Waals surface area contributed by atoms with E-state index in [1.807, 2.05) is 11.8 Å². The molecular weight excluding hydrogens is 328 g/mol. The summed E-state index contributed by atoms with van der Waals surface area (Å²) >= 11 is 6.19. The quantitative estimate of drug-likeness (QED) is 0.854. The Bertz CT molecular complexity index is 728. The average Bonchev–Trinajstić information content (AvgIpc) is 2.63. The zero-order chi connectivity index (χ0) is 17.1. The molecule has 0 unspecified atom stereocenters. The van der Waals surface area contributed by atoms with Gasteiger partial charge in [0.2, 0.25) is 0 Å². The molecule has 2 heterocycles. The number of methoxy groups -OCH3 is 1. The van der Waals surface area contributed by atoms with Crippen LogP contribution in [-0.4, -0.2) is 54.1 Å². The fourth-order valence-electron chi connectivity index (χ4n) is 2.70. The number of ether oxygens (including phenoxy) is 1. The number of benzene rings is 1. The van der Waals surface area contributed by atoms with Gasteiger partial charge in [0.1, 0.15) is 16.6 Å². The lowest BCUT2D eigenvalue weighted by molar-refractivity contribution is 0.0746. The Labute approximate surface area is 146 Å². The molecule has 1 saturated heterocycles. The Kier molecular flexibility index (Phi) is 4.85. The van der Waals surface area contributed by atoms with Crippen LogP contribution in [0, 0.1) is 6.92 Å². The van der Waals surface area contributed by atoms with E-state index in [1.54, 1.807) is 37.6 Å². The van der Waals surface area contributed by atoms with Crippen molar-refractivity contribution in [3.63, 3.8) is 0 Å². The lowest BCUT2D eigenvalue weighted by atomic mass is 10.1. The summed E-state index contributed by atoms with van der Waals surface area (Å²) in [5.74, 6) is 2.19. The van der Waals surface area contributed by atoms with Crippen LogP contribution >= 0.6 is 11.6 Å². The first kappa shape index (κ1) is 16.5. The Morgan fingerprint density at radius 3 is 2.46 bits per heavy atom. The number of rotatable bonds is 3. The van der Waals surface area contributed by atoms with E-state index in [-0.39, 0.29) is 5.91 Å². The number of aromatic nitrogens is 2. The first-order valence-corrected chi connectivity index (χ1v) is 8.13. The van der Waals surface area contributed by atoms with Gasteiger partial charge < -0.3 is 14.5 Å². The maximum atomic E-state index is 12.6. The van der Waals surface area contributed by atoms with Gasteiger partial charge in [-0.15, -0.1) is 0 Å². The maximum absolute atomic E-state index is 12.6. The molecule has 1 aromatic heterocycles. The first-order valence-electron chi connectivity index (χ1n) is 7.76. The van der Waals surface area contributed by atoms with Crippen molar-refractivity contribution in [2.24, 2.45) is 0 Å². The summed E-state index contributed by atoms with van der Waals surface area (Å²) in [7, 11) is 1.61. The predicted molar refractivity (Wildman–Crippen MR) is 92.9 cm³/mol. The maximum Gasteiger partial charge on any atom is 0.253 e. The summed E-state index contributed by atoms with van der Waals surface area (Å²) in [6, 6.07) is 7.18. The van der Waals surface area contributed by atoms with Gasteiger partial charge in [0.05, 0.1) is 13.3 Å². The highest BCUT2D eigenvalue weighted by Gasteiger charge is 2.24. The molecule has 3 rings (SSSR count). The van der Waals surface area contributed by atoms with Gasteiger partial charge in [0.25, 0.3) is 5.91 Å². The molecular formula is C17H19ClN4O2. The predicted octanol–water partition coefficient (Wildman–Crippen LogP) is 2.41. The molecule has 7 heteroatoms. The molecule has 1 amide bonds. The third-order valence-corrected chi connectivity index (χ3v) is 4.32. The molecule has 1 aliphatic rings. The van der Waals surface area contributed by atoms with E-state index in [0.29, 0.717) is 42.6 Å². The Morgan fingerprint density at radius 1 is 1.17 bits per heavy atom. The van der Waals surface area contributed by atoms with Crippen molar-refractivity contribution >= 4 is 23.3 Å². The van der Waals surface area contributed by atoms with E-state index in [4.69, 9.17) is 16.3 Å². The number of carbonyl (C=O) groups is 1. The fraction of sp³-hybridized carbons (Fsp3) is 0.353. The van der Waals surface area contributed by atoms with Crippen LogP contribution in [0.2, 0.25) is 5.02 Å². The van der Waals surface area contributed by atoms with E-state index in [2.05, 4.69) is 14.9 Å². The number of nitrogens with zero attached hydrogens (tertiary/aromatic N) is 4. The number of amides is 1. The van der Waals surface area contributed by atoms with Crippen molar-refractivity contribution in [2.45, 2.75) is 6.92 Å². The second-order valence-electron chi connectivity index (χ2n) is 5.60. The summed E-state index contributed by atoms with van der Waals surface area (Å²) in [4.78, 5) is 25.0. The van der Waals surface area contributed by atoms with Crippen molar-refractivity contribution in [3.8, 4) is 5.75 Å². The Morgan fingerprint density at radius 2 is 1.83 bits per heavy atom. The summed E-state index contributed by atoms with van der Waals surface area (Å²) in [5, 5.41) is 0.538. The highest BCUT2D eigenvalue weighted by atomic mass is 35.5. The second-order valence-corrected chi connectivity index (χ2v) is 6.00. The van der Waals surface area contributed by atoms with E-state index in [0.717, 1.165) is 11.6 Å². The molecule has 24 heavy (non-hydrogen) atoms. The van der Waals surface area contributed by atoms with Crippen LogP contribution in [0.5, 0.6) is 5.75 Å². The molecule has 0 N–H and O–H groups in total. The minimum absolute atomic E-state index is 0.0299. The van der Waals surface area contributed by atoms with Crippen molar-refractivity contribution < 1.29 is 9.53 Å². The van der Waals surface area contributed by atoms with Crippen molar-refractivity contribution in [1.29, 1.82) is 0 Å². The first-order chi connectivity index (χ1) is 11.6. The standard InChI is InChI=1S/C17H19ClN4O2/c1-12-19-11-15(18)16(20-12)21-7-9-22(10-8-21)17(23)13-3-5-14(24-2)6-4-13/h3-6,11H,7-10H2,1-2H3. The Hall–Kier alpha value is -2.34. The SMILES string of the molecule is COc1ccc(C(=O)N2CCN(c3nc(C)ncc3Cl)CC2)cc1. The smallest absolute Gasteiger partial charge is 0.253 e. The van der Waals surface area contributed by atoms with Gasteiger partial charge in [-0.1, -0.05) is 11.6 Å². The molecule has 0 saturated carbocycles. The van der Waals surface area contributed by atoms with Crippen LogP contribution < -0.4 is 9.64 Å². The van der Waals surface area contributed by atoms with Gasteiger partial charge in [-0.3, -0.25) is 4.79 Å². The average molecular weight is 347 g/mol. The van der Waals surface area contributed by atoms with Gasteiger partial charge in [0, 0.05) is 31.7 Å². The molecule has 2 aromatic rings. The van der Waals surface area contributed by atoms with Gasteiger partial charge >= 0.3 is 0 Å². The van der Waals surface area contributed by atoms with Crippen molar-refractivity contribution in [1.82, 2.24) is 14.9 Å². The minimum Gasteiger partial charge on any atom is -0.497 e. The summed E-state index contributed by atoms with van der Waals surface area (Å²) < 4.78 is 5.12. The van der Waals surface area contributed by atoms with Gasteiger partial charge in [-0.25, -0.2) is 9.97 Å². The number of aryl methyl sites for hydroxylation is 1. The summed E-state index contributed by atoms with van der Waals surface area (Å²) in [5.41, 5.74) is 0.667. The van der Waals surface area contributed by atoms with E-state index in [1.165, 1.54) is 0 Å². The van der Waals surface area contributed by atoms with Crippen LogP contribution in [0.3, 0.4) is 0 Å². The number of hydrogen-bond acceptors (Lipinski definition) is 5. The van der Waals surface area contributed by atoms with Crippen LogP contribution in [0.4, 0.5) is 5.82 Å². The third kappa shape index (κ3) is 3.43. The number of piperazine rings is 1. The molecule has 0 spiro atoms.